The average molecular weight is 356 g/mol. The molecule has 132 valence electrons. The molecule has 0 fully saturated rings. The molecule has 0 aliphatic carbocycles. The van der Waals surface area contributed by atoms with Crippen LogP contribution in [-0.2, 0) is 0 Å². The van der Waals surface area contributed by atoms with Gasteiger partial charge < -0.3 is 4.98 Å². The largest absolute Gasteiger partial charge is 0.361 e. The van der Waals surface area contributed by atoms with Crippen molar-refractivity contribution in [1.82, 2.24) is 9.97 Å². The van der Waals surface area contributed by atoms with Crippen LogP contribution in [0.3, 0.4) is 0 Å². The summed E-state index contributed by atoms with van der Waals surface area (Å²) in [6.45, 7) is 3.86. The maximum Gasteiger partial charge on any atom is 0.103 e. The molecule has 2 heterocycles. The van der Waals surface area contributed by atoms with E-state index >= 15 is 4.48 Å². The number of aryl methyl sites for hydroxylation is 2. The zero-order valence-electron chi connectivity index (χ0n) is 15.0. The Morgan fingerprint density at radius 1 is 1.04 bits per heavy atom. The van der Waals surface area contributed by atoms with Crippen molar-refractivity contribution in [2.75, 3.05) is 5.12 Å². The molecule has 2 aromatic heterocycles. The predicted octanol–water partition coefficient (Wildman–Crippen LogP) is 5.74. The zero-order valence-corrected chi connectivity index (χ0v) is 15.0. The van der Waals surface area contributed by atoms with E-state index in [9.17, 15) is 5.26 Å². The van der Waals surface area contributed by atoms with Crippen molar-refractivity contribution >= 4 is 22.3 Å². The number of aromatic amines is 1. The summed E-state index contributed by atoms with van der Waals surface area (Å²) in [5.41, 5.74) is 5.02. The minimum atomic E-state index is 0.184. The molecule has 4 nitrogen and oxygen atoms in total. The SMILES string of the molecule is Cc1ccc(-c2cncc(C#N)c2N(F)c2ccc3[nH]ccc3c2C)cc1. The lowest BCUT2D eigenvalue weighted by Gasteiger charge is -2.21. The molecule has 0 atom stereocenters. The monoisotopic (exact) mass is 356 g/mol. The minimum Gasteiger partial charge on any atom is -0.361 e. The number of pyridine rings is 1. The van der Waals surface area contributed by atoms with E-state index in [1.165, 1.54) is 6.20 Å². The lowest BCUT2D eigenvalue weighted by Crippen LogP contribution is -2.09. The summed E-state index contributed by atoms with van der Waals surface area (Å²) >= 11 is 0. The Bertz CT molecular complexity index is 1170. The van der Waals surface area contributed by atoms with Crippen molar-refractivity contribution in [2.24, 2.45) is 0 Å². The Morgan fingerprint density at radius 3 is 2.56 bits per heavy atom. The molecule has 0 bridgehead atoms. The lowest BCUT2D eigenvalue weighted by molar-refractivity contribution is 0.504. The molecule has 0 saturated heterocycles. The molecule has 2 aromatic carbocycles. The van der Waals surface area contributed by atoms with Gasteiger partial charge in [-0.1, -0.05) is 34.3 Å². The normalized spacial score (nSPS) is 10.7. The highest BCUT2D eigenvalue weighted by Gasteiger charge is 2.21. The first-order chi connectivity index (χ1) is 13.1. The van der Waals surface area contributed by atoms with Gasteiger partial charge in [-0.3, -0.25) is 4.98 Å². The smallest absolute Gasteiger partial charge is 0.103 e. The number of anilines is 2. The van der Waals surface area contributed by atoms with Crippen LogP contribution in [0.15, 0.2) is 61.1 Å². The van der Waals surface area contributed by atoms with Gasteiger partial charge in [0.15, 0.2) is 0 Å². The Hall–Kier alpha value is -3.65. The fraction of sp³-hybridized carbons (Fsp3) is 0.0909. The number of fused-ring (bicyclic) bond motifs is 1. The van der Waals surface area contributed by atoms with E-state index in [4.69, 9.17) is 0 Å². The van der Waals surface area contributed by atoms with Gasteiger partial charge in [0.1, 0.15) is 11.8 Å². The number of benzene rings is 2. The number of H-pyrrole nitrogens is 1. The molecule has 4 rings (SSSR count). The van der Waals surface area contributed by atoms with Crippen molar-refractivity contribution in [2.45, 2.75) is 13.8 Å². The Kier molecular flexibility index (Phi) is 4.09. The standard InChI is InChI=1S/C22H17FN4/c1-14-3-5-16(6-4-14)19-13-25-12-17(11-24)22(19)27(23)21-8-7-20-18(15(21)2)9-10-26-20/h3-10,12-13,26H,1-2H3. The molecule has 0 amide bonds. The number of hydrogen-bond acceptors (Lipinski definition) is 3. The Morgan fingerprint density at radius 2 is 1.81 bits per heavy atom. The summed E-state index contributed by atoms with van der Waals surface area (Å²) in [4.78, 5) is 7.26. The highest BCUT2D eigenvalue weighted by atomic mass is 19.2. The Balaban J connectivity index is 1.92. The van der Waals surface area contributed by atoms with Crippen molar-refractivity contribution in [3.63, 3.8) is 0 Å². The fourth-order valence-electron chi connectivity index (χ4n) is 3.30. The first-order valence-electron chi connectivity index (χ1n) is 8.58. The van der Waals surface area contributed by atoms with E-state index in [0.29, 0.717) is 16.4 Å². The zero-order chi connectivity index (χ0) is 19.0. The van der Waals surface area contributed by atoms with Crippen molar-refractivity contribution in [1.29, 1.82) is 5.26 Å². The maximum atomic E-state index is 15.7. The Labute approximate surface area is 156 Å². The van der Waals surface area contributed by atoms with Crippen molar-refractivity contribution < 1.29 is 4.48 Å². The molecule has 27 heavy (non-hydrogen) atoms. The first-order valence-corrected chi connectivity index (χ1v) is 8.58. The maximum absolute atomic E-state index is 15.7. The predicted molar refractivity (Wildman–Crippen MR) is 105 cm³/mol. The highest BCUT2D eigenvalue weighted by molar-refractivity contribution is 5.91. The third-order valence-corrected chi connectivity index (χ3v) is 4.78. The third-order valence-electron chi connectivity index (χ3n) is 4.78. The number of rotatable bonds is 3. The molecule has 4 aromatic rings. The number of hydrogen-bond donors (Lipinski definition) is 1. The second-order valence-corrected chi connectivity index (χ2v) is 6.49. The molecule has 0 aliphatic heterocycles. The molecular weight excluding hydrogens is 339 g/mol. The van der Waals surface area contributed by atoms with Gasteiger partial charge in [0.05, 0.1) is 11.3 Å². The number of nitrogens with one attached hydrogen (secondary N) is 1. The lowest BCUT2D eigenvalue weighted by atomic mass is 10.0. The van der Waals surface area contributed by atoms with Crippen LogP contribution in [-0.4, -0.2) is 9.97 Å². The van der Waals surface area contributed by atoms with Crippen LogP contribution in [0.5, 0.6) is 0 Å². The summed E-state index contributed by atoms with van der Waals surface area (Å²) in [5, 5.41) is 11.1. The molecule has 0 unspecified atom stereocenters. The van der Waals surface area contributed by atoms with Crippen LogP contribution < -0.4 is 5.12 Å². The second-order valence-electron chi connectivity index (χ2n) is 6.49. The summed E-state index contributed by atoms with van der Waals surface area (Å²) in [6, 6.07) is 15.3. The highest BCUT2D eigenvalue weighted by Crippen LogP contribution is 2.40. The molecule has 1 N–H and O–H groups in total. The number of aromatic nitrogens is 2. The molecule has 0 spiro atoms. The van der Waals surface area contributed by atoms with E-state index in [-0.39, 0.29) is 11.3 Å². The molecule has 0 radical (unpaired) electrons. The molecular formula is C22H17FN4. The van der Waals surface area contributed by atoms with Gasteiger partial charge in [0, 0.05) is 35.1 Å². The first kappa shape index (κ1) is 16.8. The van der Waals surface area contributed by atoms with Gasteiger partial charge in [-0.15, -0.1) is 0 Å². The van der Waals surface area contributed by atoms with Gasteiger partial charge in [-0.2, -0.15) is 10.4 Å². The summed E-state index contributed by atoms with van der Waals surface area (Å²) in [6.07, 6.45) is 4.82. The molecule has 5 heteroatoms. The molecule has 0 saturated carbocycles. The summed E-state index contributed by atoms with van der Waals surface area (Å²) < 4.78 is 15.7. The number of nitriles is 1. The van der Waals surface area contributed by atoms with Crippen LogP contribution >= 0.6 is 0 Å². The van der Waals surface area contributed by atoms with Crippen LogP contribution in [0.1, 0.15) is 16.7 Å². The van der Waals surface area contributed by atoms with Crippen LogP contribution in [0.4, 0.5) is 15.9 Å². The molecule has 0 aliphatic rings. The van der Waals surface area contributed by atoms with Crippen LogP contribution in [0.2, 0.25) is 0 Å². The van der Waals surface area contributed by atoms with Crippen LogP contribution in [0, 0.1) is 25.2 Å². The van der Waals surface area contributed by atoms with E-state index in [2.05, 4.69) is 16.0 Å². The summed E-state index contributed by atoms with van der Waals surface area (Å²) in [5.74, 6) is 0. The third kappa shape index (κ3) is 2.81. The average Bonchev–Trinajstić information content (AvgIpc) is 3.17. The quantitative estimate of drug-likeness (QED) is 0.476. The van der Waals surface area contributed by atoms with Crippen LogP contribution in [0.25, 0.3) is 22.0 Å². The van der Waals surface area contributed by atoms with E-state index in [1.807, 2.05) is 56.4 Å². The van der Waals surface area contributed by atoms with Gasteiger partial charge in [0.2, 0.25) is 0 Å². The van der Waals surface area contributed by atoms with Crippen molar-refractivity contribution in [3.8, 4) is 17.2 Å². The second kappa shape index (κ2) is 6.58. The fourth-order valence-corrected chi connectivity index (χ4v) is 3.30. The number of nitrogens with zero attached hydrogens (tertiary/aromatic N) is 3. The number of halogens is 1. The van der Waals surface area contributed by atoms with E-state index < -0.39 is 0 Å². The van der Waals surface area contributed by atoms with Gasteiger partial charge >= 0.3 is 0 Å². The topological polar surface area (TPSA) is 55.7 Å². The van der Waals surface area contributed by atoms with Gasteiger partial charge in [0.25, 0.3) is 0 Å². The minimum absolute atomic E-state index is 0.184. The van der Waals surface area contributed by atoms with E-state index in [0.717, 1.165) is 27.6 Å². The van der Waals surface area contributed by atoms with E-state index in [1.54, 1.807) is 12.3 Å². The van der Waals surface area contributed by atoms with Crippen molar-refractivity contribution in [3.05, 3.63) is 77.7 Å². The summed E-state index contributed by atoms with van der Waals surface area (Å²) in [7, 11) is 0. The van der Waals surface area contributed by atoms with Gasteiger partial charge in [-0.05, 0) is 43.2 Å². The van der Waals surface area contributed by atoms with Gasteiger partial charge in [-0.25, -0.2) is 0 Å².